The van der Waals surface area contributed by atoms with E-state index in [1.165, 1.54) is 7.11 Å². The molecule has 0 heterocycles. The molecule has 0 N–H and O–H groups in total. The average Bonchev–Trinajstić information content (AvgIpc) is 2.16. The first-order valence-electron chi connectivity index (χ1n) is 3.78. The predicted octanol–water partition coefficient (Wildman–Crippen LogP) is 2.50. The zero-order valence-corrected chi connectivity index (χ0v) is 10.3. The highest BCUT2D eigenvalue weighted by atomic mass is 127. The van der Waals surface area contributed by atoms with Gasteiger partial charge in [-0.3, -0.25) is 0 Å². The topological polar surface area (TPSA) is 35.5 Å². The maximum atomic E-state index is 10.8. The zero-order valence-electron chi connectivity index (χ0n) is 7.42. The molecule has 1 aromatic carbocycles. The molecule has 0 aliphatic rings. The number of halogens is 2. The molecular weight excluding hydrogens is 318 g/mol. The first kappa shape index (κ1) is 11.6. The van der Waals surface area contributed by atoms with Crippen molar-refractivity contribution >= 4 is 40.2 Å². The van der Waals surface area contributed by atoms with Crippen LogP contribution in [-0.2, 0) is 9.53 Å². The summed E-state index contributed by atoms with van der Waals surface area (Å²) in [4.78, 5) is 10.8. The molecule has 0 bridgehead atoms. The van der Waals surface area contributed by atoms with Crippen molar-refractivity contribution in [2.45, 2.75) is 0 Å². The standard InChI is InChI=1S/C9H8ClIO3/c1-13-9(12)5-14-8-3-2-6(11)4-7(8)10/h2-4H,5H2,1H3. The SMILES string of the molecule is COC(=O)COc1ccc(I)cc1Cl. The first-order chi connectivity index (χ1) is 6.63. The van der Waals surface area contributed by atoms with Crippen molar-refractivity contribution in [1.29, 1.82) is 0 Å². The van der Waals surface area contributed by atoms with Crippen molar-refractivity contribution in [3.8, 4) is 5.75 Å². The lowest BCUT2D eigenvalue weighted by molar-refractivity contribution is -0.142. The van der Waals surface area contributed by atoms with Crippen LogP contribution in [0.2, 0.25) is 5.02 Å². The lowest BCUT2D eigenvalue weighted by atomic mass is 10.3. The Labute approximate surface area is 100 Å². The Kier molecular flexibility index (Phi) is 4.47. The molecule has 1 rings (SSSR count). The highest BCUT2D eigenvalue weighted by molar-refractivity contribution is 14.1. The third kappa shape index (κ3) is 3.34. The van der Waals surface area contributed by atoms with Crippen molar-refractivity contribution in [1.82, 2.24) is 0 Å². The van der Waals surface area contributed by atoms with E-state index in [9.17, 15) is 4.79 Å². The van der Waals surface area contributed by atoms with Gasteiger partial charge >= 0.3 is 5.97 Å². The van der Waals surface area contributed by atoms with Crippen LogP contribution in [0.3, 0.4) is 0 Å². The van der Waals surface area contributed by atoms with Crippen LogP contribution in [0.5, 0.6) is 5.75 Å². The first-order valence-corrected chi connectivity index (χ1v) is 5.24. The quantitative estimate of drug-likeness (QED) is 0.632. The van der Waals surface area contributed by atoms with Gasteiger partial charge in [-0.1, -0.05) is 11.6 Å². The van der Waals surface area contributed by atoms with Gasteiger partial charge in [-0.25, -0.2) is 4.79 Å². The Morgan fingerprint density at radius 2 is 2.29 bits per heavy atom. The number of ether oxygens (including phenoxy) is 2. The highest BCUT2D eigenvalue weighted by Crippen LogP contribution is 2.25. The van der Waals surface area contributed by atoms with Crippen LogP contribution < -0.4 is 4.74 Å². The fourth-order valence-electron chi connectivity index (χ4n) is 0.788. The highest BCUT2D eigenvalue weighted by Gasteiger charge is 2.05. The molecule has 1 aromatic rings. The third-order valence-electron chi connectivity index (χ3n) is 1.47. The molecule has 3 nitrogen and oxygen atoms in total. The van der Waals surface area contributed by atoms with Gasteiger partial charge in [0, 0.05) is 3.57 Å². The number of hydrogen-bond donors (Lipinski definition) is 0. The molecule has 0 amide bonds. The number of hydrogen-bond acceptors (Lipinski definition) is 3. The Morgan fingerprint density at radius 3 is 2.86 bits per heavy atom. The van der Waals surface area contributed by atoms with Gasteiger partial charge in [-0.2, -0.15) is 0 Å². The summed E-state index contributed by atoms with van der Waals surface area (Å²) >= 11 is 8.01. The van der Waals surface area contributed by atoms with E-state index in [1.54, 1.807) is 12.1 Å². The zero-order chi connectivity index (χ0) is 10.6. The van der Waals surface area contributed by atoms with Gasteiger partial charge in [-0.15, -0.1) is 0 Å². The van der Waals surface area contributed by atoms with Gasteiger partial charge in [0.2, 0.25) is 0 Å². The van der Waals surface area contributed by atoms with Gasteiger partial charge in [0.25, 0.3) is 0 Å². The number of methoxy groups -OCH3 is 1. The number of carbonyl (C=O) groups excluding carboxylic acids is 1. The van der Waals surface area contributed by atoms with Gasteiger partial charge in [0.1, 0.15) is 5.75 Å². The molecule has 0 saturated heterocycles. The second-order valence-electron chi connectivity index (χ2n) is 2.44. The van der Waals surface area contributed by atoms with Crippen molar-refractivity contribution in [3.05, 3.63) is 26.8 Å². The summed E-state index contributed by atoms with van der Waals surface area (Å²) in [7, 11) is 1.31. The van der Waals surface area contributed by atoms with Crippen molar-refractivity contribution in [2.75, 3.05) is 13.7 Å². The summed E-state index contributed by atoms with van der Waals surface area (Å²) in [6.07, 6.45) is 0. The summed E-state index contributed by atoms with van der Waals surface area (Å²) < 4.78 is 10.6. The molecule has 0 radical (unpaired) electrons. The van der Waals surface area contributed by atoms with Gasteiger partial charge in [0.15, 0.2) is 6.61 Å². The van der Waals surface area contributed by atoms with Crippen LogP contribution in [0.15, 0.2) is 18.2 Å². The minimum atomic E-state index is -0.431. The molecule has 0 spiro atoms. The second-order valence-corrected chi connectivity index (χ2v) is 4.09. The molecular formula is C9H8ClIO3. The summed E-state index contributed by atoms with van der Waals surface area (Å²) in [5, 5.41) is 0.487. The molecule has 0 atom stereocenters. The van der Waals surface area contributed by atoms with E-state index in [4.69, 9.17) is 16.3 Å². The van der Waals surface area contributed by atoms with Gasteiger partial charge in [0.05, 0.1) is 12.1 Å². The number of carbonyl (C=O) groups is 1. The molecule has 0 aliphatic carbocycles. The summed E-state index contributed by atoms with van der Waals surface area (Å²) in [5.74, 6) is 0.0529. The number of esters is 1. The van der Waals surface area contributed by atoms with Crippen LogP contribution >= 0.6 is 34.2 Å². The molecule has 5 heteroatoms. The van der Waals surface area contributed by atoms with Crippen molar-refractivity contribution in [2.24, 2.45) is 0 Å². The second kappa shape index (κ2) is 5.41. The van der Waals surface area contributed by atoms with Crippen molar-refractivity contribution < 1.29 is 14.3 Å². The number of benzene rings is 1. The molecule has 0 aromatic heterocycles. The third-order valence-corrected chi connectivity index (χ3v) is 2.43. The van der Waals surface area contributed by atoms with Crippen LogP contribution in [0.1, 0.15) is 0 Å². The summed E-state index contributed by atoms with van der Waals surface area (Å²) in [6.45, 7) is -0.128. The van der Waals surface area contributed by atoms with E-state index in [0.717, 1.165) is 3.57 Å². The lowest BCUT2D eigenvalue weighted by Gasteiger charge is -2.06. The van der Waals surface area contributed by atoms with Gasteiger partial charge < -0.3 is 9.47 Å². The minimum Gasteiger partial charge on any atom is -0.480 e. The molecule has 76 valence electrons. The minimum absolute atomic E-state index is 0.128. The van der Waals surface area contributed by atoms with E-state index in [2.05, 4.69) is 27.3 Å². The molecule has 14 heavy (non-hydrogen) atoms. The monoisotopic (exact) mass is 326 g/mol. The summed E-state index contributed by atoms with van der Waals surface area (Å²) in [6, 6.07) is 5.32. The molecule has 0 aliphatic heterocycles. The van der Waals surface area contributed by atoms with Gasteiger partial charge in [-0.05, 0) is 40.8 Å². The molecule has 0 fully saturated rings. The predicted molar refractivity (Wildman–Crippen MR) is 61.7 cm³/mol. The van der Waals surface area contributed by atoms with Crippen LogP contribution in [-0.4, -0.2) is 19.7 Å². The van der Waals surface area contributed by atoms with Crippen LogP contribution in [0.25, 0.3) is 0 Å². The van der Waals surface area contributed by atoms with E-state index in [1.807, 2.05) is 6.07 Å². The number of rotatable bonds is 3. The average molecular weight is 327 g/mol. The van der Waals surface area contributed by atoms with Crippen LogP contribution in [0.4, 0.5) is 0 Å². The van der Waals surface area contributed by atoms with E-state index < -0.39 is 5.97 Å². The summed E-state index contributed by atoms with van der Waals surface area (Å²) in [5.41, 5.74) is 0. The fraction of sp³-hybridized carbons (Fsp3) is 0.222. The maximum Gasteiger partial charge on any atom is 0.343 e. The van der Waals surface area contributed by atoms with Crippen molar-refractivity contribution in [3.63, 3.8) is 0 Å². The smallest absolute Gasteiger partial charge is 0.343 e. The fourth-order valence-corrected chi connectivity index (χ4v) is 1.70. The Bertz CT molecular complexity index is 341. The van der Waals surface area contributed by atoms with E-state index in [-0.39, 0.29) is 6.61 Å². The Hall–Kier alpha value is -0.490. The lowest BCUT2D eigenvalue weighted by Crippen LogP contribution is -2.12. The largest absolute Gasteiger partial charge is 0.480 e. The Balaban J connectivity index is 2.63. The Morgan fingerprint density at radius 1 is 1.57 bits per heavy atom. The normalized spacial score (nSPS) is 9.64. The van der Waals surface area contributed by atoms with E-state index in [0.29, 0.717) is 10.8 Å². The maximum absolute atomic E-state index is 10.8. The van der Waals surface area contributed by atoms with Crippen LogP contribution in [0, 0.1) is 3.57 Å². The molecule has 0 saturated carbocycles. The molecule has 0 unspecified atom stereocenters. The van der Waals surface area contributed by atoms with E-state index >= 15 is 0 Å².